The molecule has 3 aliphatic rings. The third-order valence-corrected chi connectivity index (χ3v) is 5.20. The topological polar surface area (TPSA) is 27.6 Å². The predicted octanol–water partition coefficient (Wildman–Crippen LogP) is 2.08. The molecule has 17 heavy (non-hydrogen) atoms. The van der Waals surface area contributed by atoms with E-state index in [0.717, 1.165) is 6.04 Å². The Morgan fingerprint density at radius 3 is 3.06 bits per heavy atom. The lowest BCUT2D eigenvalue weighted by Crippen LogP contribution is -2.40. The van der Waals surface area contributed by atoms with Crippen LogP contribution in [0.5, 0.6) is 0 Å². The van der Waals surface area contributed by atoms with Gasteiger partial charge in [0, 0.05) is 24.4 Å². The van der Waals surface area contributed by atoms with Crippen LogP contribution in [0, 0.1) is 0 Å². The van der Waals surface area contributed by atoms with E-state index in [1.165, 1.54) is 56.1 Å². The highest BCUT2D eigenvalue weighted by Crippen LogP contribution is 2.30. The summed E-state index contributed by atoms with van der Waals surface area (Å²) in [5.41, 5.74) is 0. The lowest BCUT2D eigenvalue weighted by molar-refractivity contribution is 0.190. The molecular formula is C13H23N3S. The smallest absolute Gasteiger partial charge is 0.157 e. The Hall–Kier alpha value is -0.220. The number of rotatable bonds is 1. The molecule has 0 saturated carbocycles. The van der Waals surface area contributed by atoms with Crippen molar-refractivity contribution >= 4 is 16.9 Å². The van der Waals surface area contributed by atoms with Crippen LogP contribution < -0.4 is 5.32 Å². The molecule has 3 nitrogen and oxygen atoms in total. The number of aliphatic imine (C=N–C) groups is 1. The Labute approximate surface area is 108 Å². The van der Waals surface area contributed by atoms with E-state index in [4.69, 9.17) is 4.99 Å². The lowest BCUT2D eigenvalue weighted by Gasteiger charge is -2.31. The Bertz CT molecular complexity index is 305. The number of nitrogens with zero attached hydrogens (tertiary/aromatic N) is 2. The van der Waals surface area contributed by atoms with Crippen molar-refractivity contribution in [2.24, 2.45) is 4.99 Å². The largest absolute Gasteiger partial charge is 0.362 e. The van der Waals surface area contributed by atoms with Crippen molar-refractivity contribution in [1.29, 1.82) is 0 Å². The minimum Gasteiger partial charge on any atom is -0.362 e. The minimum atomic E-state index is 0.565. The fraction of sp³-hybridized carbons (Fsp3) is 0.923. The molecule has 0 aromatic heterocycles. The fourth-order valence-corrected chi connectivity index (χ4v) is 4.41. The second kappa shape index (κ2) is 5.19. The number of fused-ring (bicyclic) bond motifs is 1. The number of nitrogens with one attached hydrogen (secondary N) is 1. The minimum absolute atomic E-state index is 0.565. The van der Waals surface area contributed by atoms with Gasteiger partial charge in [-0.25, -0.2) is 0 Å². The molecule has 3 aliphatic heterocycles. The Morgan fingerprint density at radius 2 is 2.18 bits per heavy atom. The standard InChI is InChI=1S/C13H23N3S/c1-10-6-9-17-13(14-10)15-11-5-8-16-7-3-2-4-12(11)16/h10-12H,2-9H2,1H3,(H,14,15). The second-order valence-electron chi connectivity index (χ2n) is 5.57. The van der Waals surface area contributed by atoms with Crippen molar-refractivity contribution in [1.82, 2.24) is 10.2 Å². The third-order valence-electron chi connectivity index (χ3n) is 4.26. The summed E-state index contributed by atoms with van der Waals surface area (Å²) in [5.74, 6) is 1.23. The van der Waals surface area contributed by atoms with Gasteiger partial charge in [0.15, 0.2) is 5.17 Å². The van der Waals surface area contributed by atoms with Crippen LogP contribution in [-0.2, 0) is 0 Å². The summed E-state index contributed by atoms with van der Waals surface area (Å²) in [4.78, 5) is 7.66. The van der Waals surface area contributed by atoms with E-state index in [1.54, 1.807) is 0 Å². The number of thioether (sulfide) groups is 1. The summed E-state index contributed by atoms with van der Waals surface area (Å²) < 4.78 is 0. The summed E-state index contributed by atoms with van der Waals surface area (Å²) in [6.07, 6.45) is 6.69. The van der Waals surface area contributed by atoms with E-state index >= 15 is 0 Å². The van der Waals surface area contributed by atoms with Crippen molar-refractivity contribution < 1.29 is 0 Å². The van der Waals surface area contributed by atoms with Gasteiger partial charge in [-0.15, -0.1) is 0 Å². The quantitative estimate of drug-likeness (QED) is 0.775. The first-order valence-corrected chi connectivity index (χ1v) is 8.02. The summed E-state index contributed by atoms with van der Waals surface area (Å²) in [6, 6.07) is 1.92. The molecule has 3 rings (SSSR count). The molecule has 0 aliphatic carbocycles. The lowest BCUT2D eigenvalue weighted by atomic mass is 10.00. The van der Waals surface area contributed by atoms with Crippen LogP contribution in [0.4, 0.5) is 0 Å². The molecule has 3 fully saturated rings. The molecule has 1 N–H and O–H groups in total. The van der Waals surface area contributed by atoms with E-state index < -0.39 is 0 Å². The molecule has 3 atom stereocenters. The maximum atomic E-state index is 5.00. The molecule has 0 bridgehead atoms. The van der Waals surface area contributed by atoms with E-state index in [-0.39, 0.29) is 0 Å². The number of amidine groups is 1. The van der Waals surface area contributed by atoms with Crippen LogP contribution in [0.3, 0.4) is 0 Å². The highest BCUT2D eigenvalue weighted by molar-refractivity contribution is 8.13. The SMILES string of the molecule is CC1CCSC(=NC2CCN3CCCCC23)N1. The number of hydrogen-bond donors (Lipinski definition) is 1. The van der Waals surface area contributed by atoms with Gasteiger partial charge >= 0.3 is 0 Å². The highest BCUT2D eigenvalue weighted by Gasteiger charge is 2.35. The molecule has 0 aromatic rings. The zero-order valence-electron chi connectivity index (χ0n) is 10.7. The maximum absolute atomic E-state index is 5.00. The molecule has 0 aromatic carbocycles. The van der Waals surface area contributed by atoms with E-state index in [1.807, 2.05) is 11.8 Å². The van der Waals surface area contributed by atoms with Crippen LogP contribution in [-0.4, -0.2) is 47.0 Å². The van der Waals surface area contributed by atoms with Crippen LogP contribution in [0.2, 0.25) is 0 Å². The normalized spacial score (nSPS) is 41.2. The Morgan fingerprint density at radius 1 is 1.24 bits per heavy atom. The average molecular weight is 253 g/mol. The maximum Gasteiger partial charge on any atom is 0.157 e. The zero-order valence-corrected chi connectivity index (χ0v) is 11.5. The molecule has 4 heteroatoms. The van der Waals surface area contributed by atoms with Gasteiger partial charge in [-0.1, -0.05) is 18.2 Å². The van der Waals surface area contributed by atoms with Gasteiger partial charge in [-0.3, -0.25) is 9.89 Å². The molecule has 3 heterocycles. The molecular weight excluding hydrogens is 230 g/mol. The summed E-state index contributed by atoms with van der Waals surface area (Å²) >= 11 is 1.91. The summed E-state index contributed by atoms with van der Waals surface area (Å²) in [7, 11) is 0. The first kappa shape index (κ1) is 11.8. The van der Waals surface area contributed by atoms with E-state index in [2.05, 4.69) is 17.1 Å². The van der Waals surface area contributed by atoms with Crippen molar-refractivity contribution in [3.8, 4) is 0 Å². The predicted molar refractivity (Wildman–Crippen MR) is 74.7 cm³/mol. The van der Waals surface area contributed by atoms with Crippen LogP contribution in [0.1, 0.15) is 39.0 Å². The number of piperidine rings is 1. The van der Waals surface area contributed by atoms with Gasteiger partial charge in [0.1, 0.15) is 0 Å². The van der Waals surface area contributed by atoms with Gasteiger partial charge in [0.2, 0.25) is 0 Å². The van der Waals surface area contributed by atoms with Crippen molar-refractivity contribution in [2.45, 2.75) is 57.2 Å². The summed E-state index contributed by atoms with van der Waals surface area (Å²) in [6.45, 7) is 4.84. The summed E-state index contributed by atoms with van der Waals surface area (Å²) in [5, 5.41) is 4.74. The first-order chi connectivity index (χ1) is 8.33. The molecule has 0 spiro atoms. The van der Waals surface area contributed by atoms with Gasteiger partial charge in [0.05, 0.1) is 6.04 Å². The molecule has 0 amide bonds. The van der Waals surface area contributed by atoms with E-state index in [9.17, 15) is 0 Å². The first-order valence-electron chi connectivity index (χ1n) is 7.04. The fourth-order valence-electron chi connectivity index (χ4n) is 3.25. The van der Waals surface area contributed by atoms with Gasteiger partial charge in [-0.2, -0.15) is 0 Å². The van der Waals surface area contributed by atoms with Crippen LogP contribution in [0.15, 0.2) is 4.99 Å². The zero-order chi connectivity index (χ0) is 11.7. The van der Waals surface area contributed by atoms with Crippen LogP contribution >= 0.6 is 11.8 Å². The van der Waals surface area contributed by atoms with Gasteiger partial charge in [0.25, 0.3) is 0 Å². The second-order valence-corrected chi connectivity index (χ2v) is 6.66. The van der Waals surface area contributed by atoms with Crippen molar-refractivity contribution in [2.75, 3.05) is 18.8 Å². The average Bonchev–Trinajstić information content (AvgIpc) is 2.73. The molecule has 0 radical (unpaired) electrons. The highest BCUT2D eigenvalue weighted by atomic mass is 32.2. The Balaban J connectivity index is 1.66. The van der Waals surface area contributed by atoms with Crippen molar-refractivity contribution in [3.05, 3.63) is 0 Å². The Kier molecular flexibility index (Phi) is 3.61. The molecule has 3 saturated heterocycles. The molecule has 96 valence electrons. The van der Waals surface area contributed by atoms with Crippen LogP contribution in [0.25, 0.3) is 0 Å². The molecule has 3 unspecified atom stereocenters. The monoisotopic (exact) mass is 253 g/mol. The van der Waals surface area contributed by atoms with Crippen molar-refractivity contribution in [3.63, 3.8) is 0 Å². The number of hydrogen-bond acceptors (Lipinski definition) is 3. The van der Waals surface area contributed by atoms with Gasteiger partial charge in [-0.05, 0) is 39.2 Å². The van der Waals surface area contributed by atoms with E-state index in [0.29, 0.717) is 12.1 Å². The third kappa shape index (κ3) is 2.63. The van der Waals surface area contributed by atoms with Gasteiger partial charge < -0.3 is 5.32 Å².